The van der Waals surface area contributed by atoms with Crippen LogP contribution < -0.4 is 10.6 Å². The van der Waals surface area contributed by atoms with Crippen LogP contribution in [-0.2, 0) is 16.1 Å². The molecule has 18 heavy (non-hydrogen) atoms. The molecule has 0 aromatic heterocycles. The molecule has 1 rings (SSSR count). The normalized spacial score (nSPS) is 11.3. The van der Waals surface area contributed by atoms with Gasteiger partial charge in [-0.3, -0.25) is 4.79 Å². The topological polar surface area (TPSA) is 50.4 Å². The van der Waals surface area contributed by atoms with Crippen LogP contribution >= 0.6 is 0 Å². The molecule has 0 heterocycles. The van der Waals surface area contributed by atoms with E-state index in [2.05, 4.69) is 10.6 Å². The molecule has 100 valence electrons. The van der Waals surface area contributed by atoms with Crippen molar-refractivity contribution < 1.29 is 9.53 Å². The Morgan fingerprint density at radius 1 is 1.33 bits per heavy atom. The van der Waals surface area contributed by atoms with Crippen LogP contribution in [0.3, 0.4) is 0 Å². The molecule has 0 bridgehead atoms. The van der Waals surface area contributed by atoms with Crippen LogP contribution in [0.1, 0.15) is 26.3 Å². The third-order valence-corrected chi connectivity index (χ3v) is 2.30. The molecule has 0 saturated heterocycles. The molecule has 1 amide bonds. The summed E-state index contributed by atoms with van der Waals surface area (Å²) in [6, 6.07) is 7.65. The molecule has 0 aliphatic carbocycles. The number of hydrogen-bond donors (Lipinski definition) is 2. The molecule has 0 atom stereocenters. The van der Waals surface area contributed by atoms with Crippen LogP contribution in [0.15, 0.2) is 24.3 Å². The highest BCUT2D eigenvalue weighted by molar-refractivity contribution is 5.92. The molecule has 1 aromatic carbocycles. The van der Waals surface area contributed by atoms with Gasteiger partial charge in [0.15, 0.2) is 0 Å². The zero-order chi connectivity index (χ0) is 13.6. The summed E-state index contributed by atoms with van der Waals surface area (Å²) < 4.78 is 5.05. The van der Waals surface area contributed by atoms with Gasteiger partial charge >= 0.3 is 0 Å². The monoisotopic (exact) mass is 250 g/mol. The molecule has 0 spiro atoms. The summed E-state index contributed by atoms with van der Waals surface area (Å²) in [7, 11) is 1.65. The van der Waals surface area contributed by atoms with Gasteiger partial charge in [0.05, 0.1) is 13.2 Å². The number of nitrogens with one attached hydrogen (secondary N) is 2. The van der Waals surface area contributed by atoms with Crippen LogP contribution in [0.4, 0.5) is 5.69 Å². The summed E-state index contributed by atoms with van der Waals surface area (Å²) in [6.45, 7) is 6.93. The second-order valence-corrected chi connectivity index (χ2v) is 5.29. The van der Waals surface area contributed by atoms with Crippen molar-refractivity contribution in [3.05, 3.63) is 29.8 Å². The molecular weight excluding hydrogens is 228 g/mol. The predicted molar refractivity (Wildman–Crippen MR) is 73.5 cm³/mol. The first kappa shape index (κ1) is 14.7. The highest BCUT2D eigenvalue weighted by Gasteiger charge is 2.11. The lowest BCUT2D eigenvalue weighted by Crippen LogP contribution is -2.41. The molecular formula is C14H22N2O2. The largest absolute Gasteiger partial charge is 0.380 e. The van der Waals surface area contributed by atoms with Crippen molar-refractivity contribution in [3.63, 3.8) is 0 Å². The fraction of sp³-hybridized carbons (Fsp3) is 0.500. The van der Waals surface area contributed by atoms with Crippen LogP contribution in [0.2, 0.25) is 0 Å². The summed E-state index contributed by atoms with van der Waals surface area (Å²) in [5.41, 5.74) is 1.78. The van der Waals surface area contributed by atoms with E-state index in [1.165, 1.54) is 0 Å². The lowest BCUT2D eigenvalue weighted by molar-refractivity contribution is -0.115. The van der Waals surface area contributed by atoms with E-state index in [-0.39, 0.29) is 11.4 Å². The van der Waals surface area contributed by atoms with Gasteiger partial charge in [-0.2, -0.15) is 0 Å². The van der Waals surface area contributed by atoms with E-state index >= 15 is 0 Å². The van der Waals surface area contributed by atoms with E-state index in [4.69, 9.17) is 4.74 Å². The molecule has 0 saturated carbocycles. The quantitative estimate of drug-likeness (QED) is 0.842. The summed E-state index contributed by atoms with van der Waals surface area (Å²) in [5.74, 6) is -0.0421. The van der Waals surface area contributed by atoms with Gasteiger partial charge in [0.2, 0.25) is 5.91 Å². The van der Waals surface area contributed by atoms with Crippen molar-refractivity contribution in [1.82, 2.24) is 5.32 Å². The minimum Gasteiger partial charge on any atom is -0.380 e. The number of ether oxygens (including phenoxy) is 1. The highest BCUT2D eigenvalue weighted by atomic mass is 16.5. The van der Waals surface area contributed by atoms with Gasteiger partial charge in [0.25, 0.3) is 0 Å². The van der Waals surface area contributed by atoms with Gasteiger partial charge in [-0.15, -0.1) is 0 Å². The molecule has 0 fully saturated rings. The highest BCUT2D eigenvalue weighted by Crippen LogP contribution is 2.11. The number of hydrogen-bond acceptors (Lipinski definition) is 3. The second-order valence-electron chi connectivity index (χ2n) is 5.29. The van der Waals surface area contributed by atoms with Crippen molar-refractivity contribution in [2.24, 2.45) is 0 Å². The van der Waals surface area contributed by atoms with Crippen molar-refractivity contribution in [2.45, 2.75) is 32.9 Å². The van der Waals surface area contributed by atoms with E-state index in [1.807, 2.05) is 45.0 Å². The van der Waals surface area contributed by atoms with Crippen LogP contribution in [0, 0.1) is 0 Å². The lowest BCUT2D eigenvalue weighted by Gasteiger charge is -2.20. The first-order valence-corrected chi connectivity index (χ1v) is 6.03. The van der Waals surface area contributed by atoms with E-state index in [0.29, 0.717) is 13.2 Å². The average Bonchev–Trinajstić information content (AvgIpc) is 2.26. The zero-order valence-electron chi connectivity index (χ0n) is 11.5. The average molecular weight is 250 g/mol. The van der Waals surface area contributed by atoms with Crippen LogP contribution in [0.25, 0.3) is 0 Å². The number of anilines is 1. The maximum absolute atomic E-state index is 11.7. The van der Waals surface area contributed by atoms with Crippen molar-refractivity contribution >= 4 is 11.6 Å². The number of benzene rings is 1. The molecule has 0 radical (unpaired) electrons. The Hall–Kier alpha value is -1.39. The minimum atomic E-state index is -0.0603. The summed E-state index contributed by atoms with van der Waals surface area (Å²) in [4.78, 5) is 11.7. The van der Waals surface area contributed by atoms with Gasteiger partial charge in [-0.1, -0.05) is 12.1 Å². The molecule has 0 aliphatic rings. The maximum atomic E-state index is 11.7. The Labute approximate surface area is 109 Å². The second kappa shape index (κ2) is 6.52. The van der Waals surface area contributed by atoms with Gasteiger partial charge in [0.1, 0.15) is 0 Å². The van der Waals surface area contributed by atoms with Gasteiger partial charge in [-0.05, 0) is 38.5 Å². The van der Waals surface area contributed by atoms with Gasteiger partial charge < -0.3 is 15.4 Å². The maximum Gasteiger partial charge on any atom is 0.238 e. The van der Waals surface area contributed by atoms with Gasteiger partial charge in [0, 0.05) is 18.3 Å². The first-order chi connectivity index (χ1) is 8.40. The molecule has 0 unspecified atom stereocenters. The standard InChI is InChI=1S/C14H22N2O2/c1-14(2,3)15-9-13(17)16-12-7-5-6-11(8-12)10-18-4/h5-8,15H,9-10H2,1-4H3,(H,16,17). The zero-order valence-corrected chi connectivity index (χ0v) is 11.5. The Morgan fingerprint density at radius 3 is 2.67 bits per heavy atom. The molecule has 4 nitrogen and oxygen atoms in total. The molecule has 4 heteroatoms. The number of rotatable bonds is 5. The number of methoxy groups -OCH3 is 1. The summed E-state index contributed by atoms with van der Waals surface area (Å²) in [5, 5.41) is 6.00. The molecule has 2 N–H and O–H groups in total. The van der Waals surface area contributed by atoms with Crippen LogP contribution in [0.5, 0.6) is 0 Å². The Balaban J connectivity index is 2.51. The fourth-order valence-corrected chi connectivity index (χ4v) is 1.46. The molecule has 0 aliphatic heterocycles. The Morgan fingerprint density at radius 2 is 2.06 bits per heavy atom. The number of amides is 1. The van der Waals surface area contributed by atoms with Crippen LogP contribution in [-0.4, -0.2) is 25.1 Å². The van der Waals surface area contributed by atoms with E-state index in [0.717, 1.165) is 11.3 Å². The minimum absolute atomic E-state index is 0.0421. The van der Waals surface area contributed by atoms with E-state index in [1.54, 1.807) is 7.11 Å². The fourth-order valence-electron chi connectivity index (χ4n) is 1.46. The van der Waals surface area contributed by atoms with E-state index < -0.39 is 0 Å². The number of carbonyl (C=O) groups is 1. The van der Waals surface area contributed by atoms with Gasteiger partial charge in [-0.25, -0.2) is 0 Å². The lowest BCUT2D eigenvalue weighted by atomic mass is 10.1. The number of carbonyl (C=O) groups excluding carboxylic acids is 1. The van der Waals surface area contributed by atoms with Crippen molar-refractivity contribution in [2.75, 3.05) is 19.0 Å². The summed E-state index contributed by atoms with van der Waals surface area (Å²) >= 11 is 0. The summed E-state index contributed by atoms with van der Waals surface area (Å²) in [6.07, 6.45) is 0. The SMILES string of the molecule is COCc1cccc(NC(=O)CNC(C)(C)C)c1. The molecule has 1 aromatic rings. The smallest absolute Gasteiger partial charge is 0.238 e. The predicted octanol–water partition coefficient (Wildman–Crippen LogP) is 2.16. The third kappa shape index (κ3) is 5.80. The first-order valence-electron chi connectivity index (χ1n) is 6.03. The third-order valence-electron chi connectivity index (χ3n) is 2.30. The Bertz CT molecular complexity index is 397. The Kier molecular flexibility index (Phi) is 5.31. The van der Waals surface area contributed by atoms with Crippen molar-refractivity contribution in [3.8, 4) is 0 Å². The van der Waals surface area contributed by atoms with E-state index in [9.17, 15) is 4.79 Å². The van der Waals surface area contributed by atoms with Crippen molar-refractivity contribution in [1.29, 1.82) is 0 Å².